The minimum atomic E-state index is -0.588. The molecule has 0 aromatic heterocycles. The van der Waals surface area contributed by atoms with Crippen LogP contribution in [0.5, 0.6) is 5.75 Å². The van der Waals surface area contributed by atoms with Crippen LogP contribution in [-0.2, 0) is 17.6 Å². The Hall–Kier alpha value is -2.81. The lowest BCUT2D eigenvalue weighted by molar-refractivity contribution is -0.122. The van der Waals surface area contributed by atoms with Gasteiger partial charge in [0.15, 0.2) is 6.10 Å². The smallest absolute Gasteiger partial charge is 0.265 e. The van der Waals surface area contributed by atoms with Crippen molar-refractivity contribution in [3.05, 3.63) is 71.8 Å². The summed E-state index contributed by atoms with van der Waals surface area (Å²) in [5.41, 5.74) is 3.22. The average molecular weight is 347 g/mol. The molecule has 0 heterocycles. The van der Waals surface area contributed by atoms with Crippen LogP contribution in [0.25, 0.3) is 10.8 Å². The SMILES string of the molecule is CCc1cccc(CC)c1NC(=O)[C@H](C)Oc1cccc2ccccc12. The van der Waals surface area contributed by atoms with Crippen molar-refractivity contribution in [1.82, 2.24) is 0 Å². The third-order valence-corrected chi connectivity index (χ3v) is 4.67. The number of hydrogen-bond donors (Lipinski definition) is 1. The van der Waals surface area contributed by atoms with Crippen LogP contribution in [0.1, 0.15) is 31.9 Å². The van der Waals surface area contributed by atoms with E-state index in [2.05, 4.69) is 31.3 Å². The fraction of sp³-hybridized carbons (Fsp3) is 0.261. The first-order chi connectivity index (χ1) is 12.6. The molecule has 0 saturated carbocycles. The van der Waals surface area contributed by atoms with Gasteiger partial charge in [-0.3, -0.25) is 4.79 Å². The molecule has 0 aliphatic rings. The highest BCUT2D eigenvalue weighted by molar-refractivity contribution is 5.96. The Labute approximate surface area is 155 Å². The summed E-state index contributed by atoms with van der Waals surface area (Å²) in [4.78, 5) is 12.8. The maximum Gasteiger partial charge on any atom is 0.265 e. The molecule has 3 rings (SSSR count). The highest BCUT2D eigenvalue weighted by Crippen LogP contribution is 2.27. The molecule has 0 unspecified atom stereocenters. The van der Waals surface area contributed by atoms with Gasteiger partial charge < -0.3 is 10.1 Å². The quantitative estimate of drug-likeness (QED) is 0.651. The molecule has 0 saturated heterocycles. The molecule has 3 nitrogen and oxygen atoms in total. The molecule has 134 valence electrons. The number of anilines is 1. The van der Waals surface area contributed by atoms with E-state index in [0.29, 0.717) is 0 Å². The van der Waals surface area contributed by atoms with E-state index in [4.69, 9.17) is 4.74 Å². The zero-order chi connectivity index (χ0) is 18.5. The number of hydrogen-bond acceptors (Lipinski definition) is 2. The number of carbonyl (C=O) groups excluding carboxylic acids is 1. The fourth-order valence-electron chi connectivity index (χ4n) is 3.17. The fourth-order valence-corrected chi connectivity index (χ4v) is 3.17. The summed E-state index contributed by atoms with van der Waals surface area (Å²) in [6.07, 6.45) is 1.17. The molecular weight excluding hydrogens is 322 g/mol. The highest BCUT2D eigenvalue weighted by Gasteiger charge is 2.18. The molecule has 0 fully saturated rings. The van der Waals surface area contributed by atoms with Gasteiger partial charge in [0, 0.05) is 11.1 Å². The Morgan fingerprint density at radius 3 is 2.23 bits per heavy atom. The van der Waals surface area contributed by atoms with Crippen molar-refractivity contribution in [3.63, 3.8) is 0 Å². The predicted octanol–water partition coefficient (Wildman–Crippen LogP) is 5.37. The number of rotatable bonds is 6. The predicted molar refractivity (Wildman–Crippen MR) is 108 cm³/mol. The van der Waals surface area contributed by atoms with Gasteiger partial charge in [0.25, 0.3) is 5.91 Å². The zero-order valence-electron chi connectivity index (χ0n) is 15.6. The molecule has 0 aliphatic heterocycles. The number of aryl methyl sites for hydroxylation is 2. The van der Waals surface area contributed by atoms with Crippen LogP contribution in [0.2, 0.25) is 0 Å². The van der Waals surface area contributed by atoms with Crippen molar-refractivity contribution in [1.29, 1.82) is 0 Å². The van der Waals surface area contributed by atoms with Crippen LogP contribution in [0.15, 0.2) is 60.7 Å². The van der Waals surface area contributed by atoms with Crippen LogP contribution in [0.3, 0.4) is 0 Å². The summed E-state index contributed by atoms with van der Waals surface area (Å²) >= 11 is 0. The standard InChI is InChI=1S/C23H25NO2/c1-4-17-11-8-12-18(5-2)22(17)24-23(25)16(3)26-21-15-9-13-19-10-6-7-14-20(19)21/h6-16H,4-5H2,1-3H3,(H,24,25)/t16-/m0/s1. The maximum absolute atomic E-state index is 12.8. The lowest BCUT2D eigenvalue weighted by Gasteiger charge is -2.19. The first kappa shape index (κ1) is 18.0. The zero-order valence-corrected chi connectivity index (χ0v) is 15.6. The Kier molecular flexibility index (Phi) is 5.57. The van der Waals surface area contributed by atoms with Gasteiger partial charge in [0.05, 0.1) is 0 Å². The van der Waals surface area contributed by atoms with Crippen molar-refractivity contribution >= 4 is 22.4 Å². The Morgan fingerprint density at radius 1 is 0.923 bits per heavy atom. The first-order valence-corrected chi connectivity index (χ1v) is 9.20. The van der Waals surface area contributed by atoms with Crippen LogP contribution in [-0.4, -0.2) is 12.0 Å². The number of fused-ring (bicyclic) bond motifs is 1. The van der Waals surface area contributed by atoms with E-state index in [1.165, 1.54) is 0 Å². The summed E-state index contributed by atoms with van der Waals surface area (Å²) in [6, 6.07) is 20.1. The number of amides is 1. The molecule has 1 atom stereocenters. The van der Waals surface area contributed by atoms with Crippen LogP contribution < -0.4 is 10.1 Å². The lowest BCUT2D eigenvalue weighted by atomic mass is 10.0. The van der Waals surface area contributed by atoms with Gasteiger partial charge in [-0.1, -0.05) is 68.4 Å². The Morgan fingerprint density at radius 2 is 1.54 bits per heavy atom. The van der Waals surface area contributed by atoms with E-state index in [9.17, 15) is 4.79 Å². The summed E-state index contributed by atoms with van der Waals surface area (Å²) in [7, 11) is 0. The first-order valence-electron chi connectivity index (χ1n) is 9.20. The summed E-state index contributed by atoms with van der Waals surface area (Å²) in [5, 5.41) is 5.20. The molecule has 1 amide bonds. The van der Waals surface area contributed by atoms with Crippen molar-refractivity contribution in [2.45, 2.75) is 39.7 Å². The third kappa shape index (κ3) is 3.72. The molecule has 1 N–H and O–H groups in total. The lowest BCUT2D eigenvalue weighted by Crippen LogP contribution is -2.31. The average Bonchev–Trinajstić information content (AvgIpc) is 2.68. The van der Waals surface area contributed by atoms with Gasteiger partial charge in [-0.15, -0.1) is 0 Å². The minimum absolute atomic E-state index is 0.131. The Bertz CT molecular complexity index is 889. The second kappa shape index (κ2) is 8.05. The summed E-state index contributed by atoms with van der Waals surface area (Å²) < 4.78 is 6.00. The van der Waals surface area contributed by atoms with Crippen molar-refractivity contribution in [2.24, 2.45) is 0 Å². The van der Waals surface area contributed by atoms with E-state index < -0.39 is 6.10 Å². The second-order valence-corrected chi connectivity index (χ2v) is 6.38. The molecule has 26 heavy (non-hydrogen) atoms. The van der Waals surface area contributed by atoms with Gasteiger partial charge in [0.1, 0.15) is 5.75 Å². The van der Waals surface area contributed by atoms with Crippen molar-refractivity contribution < 1.29 is 9.53 Å². The molecular formula is C23H25NO2. The number of nitrogens with one attached hydrogen (secondary N) is 1. The molecule has 0 aliphatic carbocycles. The molecule has 0 radical (unpaired) electrons. The molecule has 3 aromatic rings. The Balaban J connectivity index is 1.81. The summed E-state index contributed by atoms with van der Waals surface area (Å²) in [5.74, 6) is 0.596. The van der Waals surface area contributed by atoms with Crippen LogP contribution in [0, 0.1) is 0 Å². The van der Waals surface area contributed by atoms with E-state index in [1.807, 2.05) is 48.5 Å². The molecule has 3 aromatic carbocycles. The topological polar surface area (TPSA) is 38.3 Å². The van der Waals surface area contributed by atoms with Crippen LogP contribution in [0.4, 0.5) is 5.69 Å². The van der Waals surface area contributed by atoms with Gasteiger partial charge >= 0.3 is 0 Å². The minimum Gasteiger partial charge on any atom is -0.480 e. The van der Waals surface area contributed by atoms with Gasteiger partial charge in [-0.25, -0.2) is 0 Å². The number of para-hydroxylation sites is 1. The van der Waals surface area contributed by atoms with E-state index >= 15 is 0 Å². The second-order valence-electron chi connectivity index (χ2n) is 6.38. The van der Waals surface area contributed by atoms with Crippen LogP contribution >= 0.6 is 0 Å². The van der Waals surface area contributed by atoms with Gasteiger partial charge in [-0.05, 0) is 42.3 Å². The van der Waals surface area contributed by atoms with Gasteiger partial charge in [0.2, 0.25) is 0 Å². The highest BCUT2D eigenvalue weighted by atomic mass is 16.5. The van der Waals surface area contributed by atoms with Crippen molar-refractivity contribution in [3.8, 4) is 5.75 Å². The molecule has 0 spiro atoms. The normalized spacial score (nSPS) is 12.0. The monoisotopic (exact) mass is 347 g/mol. The number of ether oxygens (including phenoxy) is 1. The molecule has 3 heteroatoms. The number of benzene rings is 3. The molecule has 0 bridgehead atoms. The van der Waals surface area contributed by atoms with E-state index in [-0.39, 0.29) is 5.91 Å². The van der Waals surface area contributed by atoms with Gasteiger partial charge in [-0.2, -0.15) is 0 Å². The number of carbonyl (C=O) groups is 1. The largest absolute Gasteiger partial charge is 0.480 e. The van der Waals surface area contributed by atoms with Crippen molar-refractivity contribution in [2.75, 3.05) is 5.32 Å². The third-order valence-electron chi connectivity index (χ3n) is 4.67. The maximum atomic E-state index is 12.8. The van der Waals surface area contributed by atoms with E-state index in [0.717, 1.165) is 46.2 Å². The summed E-state index contributed by atoms with van der Waals surface area (Å²) in [6.45, 7) is 5.98. The van der Waals surface area contributed by atoms with E-state index in [1.54, 1.807) is 6.92 Å².